The molecule has 0 fully saturated rings. The van der Waals surface area contributed by atoms with E-state index < -0.39 is 5.97 Å². The number of rotatable bonds is 3. The number of H-pyrrole nitrogens is 1. The molecule has 0 aliphatic heterocycles. The molecule has 142 valence electrons. The van der Waals surface area contributed by atoms with E-state index in [0.717, 1.165) is 10.4 Å². The smallest absolute Gasteiger partial charge is 0.341 e. The number of benzene rings is 1. The molecule has 0 radical (unpaired) electrons. The number of halogens is 2. The van der Waals surface area contributed by atoms with Gasteiger partial charge in [0.1, 0.15) is 11.1 Å². The van der Waals surface area contributed by atoms with Crippen LogP contribution in [-0.4, -0.2) is 23.0 Å². The summed E-state index contributed by atoms with van der Waals surface area (Å²) in [7, 11) is 1.28. The Kier molecular flexibility index (Phi) is 4.74. The van der Waals surface area contributed by atoms with Gasteiger partial charge in [0.15, 0.2) is 11.6 Å². The lowest BCUT2D eigenvalue weighted by molar-refractivity contribution is 0.0600. The summed E-state index contributed by atoms with van der Waals surface area (Å²) < 4.78 is 10.0. The average molecular weight is 435 g/mol. The number of furan rings is 1. The highest BCUT2D eigenvalue weighted by Crippen LogP contribution is 2.40. The lowest BCUT2D eigenvalue weighted by atomic mass is 10.0. The summed E-state index contributed by atoms with van der Waals surface area (Å²) in [6.07, 6.45) is 1.25. The third-order valence-electron chi connectivity index (χ3n) is 4.19. The van der Waals surface area contributed by atoms with Gasteiger partial charge in [0.25, 0.3) is 5.56 Å². The van der Waals surface area contributed by atoms with E-state index in [0.29, 0.717) is 25.8 Å². The van der Waals surface area contributed by atoms with Crippen molar-refractivity contribution < 1.29 is 13.9 Å². The molecule has 0 atom stereocenters. The van der Waals surface area contributed by atoms with E-state index in [1.54, 1.807) is 18.2 Å². The number of carbonyl (C=O) groups is 1. The van der Waals surface area contributed by atoms with E-state index in [4.69, 9.17) is 27.6 Å². The molecule has 0 aliphatic carbocycles. The molecule has 0 spiro atoms. The molecule has 6 nitrogen and oxygen atoms in total. The lowest BCUT2D eigenvalue weighted by Gasteiger charge is -2.05. The van der Waals surface area contributed by atoms with Crippen LogP contribution in [0.2, 0.25) is 10.0 Å². The zero-order chi connectivity index (χ0) is 20.0. The van der Waals surface area contributed by atoms with Crippen molar-refractivity contribution in [2.45, 2.75) is 6.92 Å². The Balaban J connectivity index is 1.89. The third-order valence-corrected chi connectivity index (χ3v) is 5.74. The first-order valence-corrected chi connectivity index (χ1v) is 9.62. The monoisotopic (exact) mass is 434 g/mol. The maximum atomic E-state index is 12.9. The number of nitrogens with zero attached hydrogens (tertiary/aromatic N) is 1. The van der Waals surface area contributed by atoms with E-state index in [2.05, 4.69) is 14.7 Å². The van der Waals surface area contributed by atoms with Crippen molar-refractivity contribution in [3.05, 3.63) is 61.4 Å². The van der Waals surface area contributed by atoms with Crippen LogP contribution in [0.15, 0.2) is 39.7 Å². The fourth-order valence-corrected chi connectivity index (χ4v) is 4.48. The Hall–Kier alpha value is -2.61. The summed E-state index contributed by atoms with van der Waals surface area (Å²) in [6.45, 7) is 1.90. The molecule has 4 aromatic rings. The van der Waals surface area contributed by atoms with Crippen LogP contribution in [0.1, 0.15) is 15.2 Å². The minimum atomic E-state index is -0.537. The van der Waals surface area contributed by atoms with Gasteiger partial charge in [0.05, 0.1) is 18.1 Å². The molecule has 3 heterocycles. The Labute approximate surface area is 172 Å². The fraction of sp³-hybridized carbons (Fsp3) is 0.105. The second kappa shape index (κ2) is 7.09. The van der Waals surface area contributed by atoms with Crippen molar-refractivity contribution in [2.24, 2.45) is 0 Å². The number of carbonyl (C=O) groups excluding carboxylic acids is 1. The molecule has 28 heavy (non-hydrogen) atoms. The zero-order valence-electron chi connectivity index (χ0n) is 14.6. The fourth-order valence-electron chi connectivity index (χ4n) is 2.94. The summed E-state index contributed by atoms with van der Waals surface area (Å²) in [4.78, 5) is 33.1. The molecule has 1 aromatic carbocycles. The zero-order valence-corrected chi connectivity index (χ0v) is 17.0. The molecule has 0 saturated carbocycles. The van der Waals surface area contributed by atoms with Crippen molar-refractivity contribution in [1.82, 2.24) is 9.97 Å². The Morgan fingerprint density at radius 3 is 2.79 bits per heavy atom. The lowest BCUT2D eigenvalue weighted by Crippen LogP contribution is -2.09. The van der Waals surface area contributed by atoms with Gasteiger partial charge in [0, 0.05) is 32.1 Å². The average Bonchev–Trinajstić information content (AvgIpc) is 3.26. The highest BCUT2D eigenvalue weighted by atomic mass is 35.5. The van der Waals surface area contributed by atoms with Crippen LogP contribution < -0.4 is 5.56 Å². The number of aromatic nitrogens is 2. The van der Waals surface area contributed by atoms with Crippen LogP contribution in [0.4, 0.5) is 0 Å². The van der Waals surface area contributed by atoms with Crippen molar-refractivity contribution in [3.8, 4) is 22.7 Å². The summed E-state index contributed by atoms with van der Waals surface area (Å²) in [6, 6.07) is 6.60. The summed E-state index contributed by atoms with van der Waals surface area (Å²) in [5, 5.41) is 1.40. The van der Waals surface area contributed by atoms with Crippen LogP contribution in [0, 0.1) is 6.92 Å². The van der Waals surface area contributed by atoms with Gasteiger partial charge in [-0.1, -0.05) is 29.3 Å². The first-order chi connectivity index (χ1) is 13.4. The highest BCUT2D eigenvalue weighted by molar-refractivity contribution is 7.19. The first-order valence-electron chi connectivity index (χ1n) is 8.05. The number of methoxy groups -OCH3 is 1. The van der Waals surface area contributed by atoms with E-state index >= 15 is 0 Å². The third kappa shape index (κ3) is 3.11. The van der Waals surface area contributed by atoms with Crippen LogP contribution in [0.3, 0.4) is 0 Å². The van der Waals surface area contributed by atoms with Gasteiger partial charge in [-0.05, 0) is 19.1 Å². The number of esters is 1. The van der Waals surface area contributed by atoms with Crippen LogP contribution in [-0.2, 0) is 4.74 Å². The molecular weight excluding hydrogens is 423 g/mol. The van der Waals surface area contributed by atoms with Crippen molar-refractivity contribution in [1.29, 1.82) is 0 Å². The number of aromatic amines is 1. The number of hydrogen-bond donors (Lipinski definition) is 1. The first kappa shape index (κ1) is 18.7. The molecule has 1 N–H and O–H groups in total. The standard InChI is InChI=1S/C19H12Cl2N2O4S/c1-8-14(11-4-3-10(20)6-12(11)21)15-17(24)22-16(23-18(15)28-8)13-5-9(7-27-13)19(25)26-2/h3-7H,1-2H3,(H,22,23,24). The molecule has 0 bridgehead atoms. The van der Waals surface area contributed by atoms with E-state index in [-0.39, 0.29) is 22.7 Å². The minimum absolute atomic E-state index is 0.225. The van der Waals surface area contributed by atoms with E-state index in [9.17, 15) is 9.59 Å². The second-order valence-electron chi connectivity index (χ2n) is 5.94. The number of aryl methyl sites for hydroxylation is 1. The van der Waals surface area contributed by atoms with Gasteiger partial charge in [-0.3, -0.25) is 4.79 Å². The number of ether oxygens (including phenoxy) is 1. The molecule has 0 aliphatic rings. The molecule has 0 saturated heterocycles. The molecule has 0 unspecified atom stereocenters. The molecule has 4 rings (SSSR count). The van der Waals surface area contributed by atoms with Crippen molar-refractivity contribution in [2.75, 3.05) is 7.11 Å². The topological polar surface area (TPSA) is 85.2 Å². The van der Waals surface area contributed by atoms with Gasteiger partial charge in [0.2, 0.25) is 0 Å². The Bertz CT molecular complexity index is 1290. The van der Waals surface area contributed by atoms with Crippen molar-refractivity contribution >= 4 is 50.7 Å². The molecule has 0 amide bonds. The summed E-state index contributed by atoms with van der Waals surface area (Å²) in [5.41, 5.74) is 1.33. The molecular formula is C19H12Cl2N2O4S. The van der Waals surface area contributed by atoms with Gasteiger partial charge >= 0.3 is 5.97 Å². The summed E-state index contributed by atoms with van der Waals surface area (Å²) in [5.74, 6) is -0.0516. The van der Waals surface area contributed by atoms with Crippen molar-refractivity contribution in [3.63, 3.8) is 0 Å². The Morgan fingerprint density at radius 1 is 1.29 bits per heavy atom. The summed E-state index contributed by atoms with van der Waals surface area (Å²) >= 11 is 13.7. The maximum Gasteiger partial charge on any atom is 0.341 e. The second-order valence-corrected chi connectivity index (χ2v) is 7.99. The molecule has 9 heteroatoms. The van der Waals surface area contributed by atoms with Gasteiger partial charge in [-0.2, -0.15) is 0 Å². The minimum Gasteiger partial charge on any atom is -0.465 e. The van der Waals surface area contributed by atoms with Crippen LogP contribution in [0.25, 0.3) is 32.9 Å². The number of nitrogens with one attached hydrogen (secondary N) is 1. The highest BCUT2D eigenvalue weighted by Gasteiger charge is 2.20. The Morgan fingerprint density at radius 2 is 2.07 bits per heavy atom. The van der Waals surface area contributed by atoms with Gasteiger partial charge < -0.3 is 14.1 Å². The quantitative estimate of drug-likeness (QED) is 0.441. The predicted octanol–water partition coefficient (Wildman–Crippen LogP) is 5.31. The normalized spacial score (nSPS) is 11.1. The largest absolute Gasteiger partial charge is 0.465 e. The number of fused-ring (bicyclic) bond motifs is 1. The maximum absolute atomic E-state index is 12.9. The van der Waals surface area contributed by atoms with Gasteiger partial charge in [-0.15, -0.1) is 11.3 Å². The number of thiophene rings is 1. The van der Waals surface area contributed by atoms with Gasteiger partial charge in [-0.25, -0.2) is 9.78 Å². The predicted molar refractivity (Wildman–Crippen MR) is 109 cm³/mol. The molecule has 3 aromatic heterocycles. The number of hydrogen-bond acceptors (Lipinski definition) is 6. The van der Waals surface area contributed by atoms with E-state index in [1.165, 1.54) is 30.8 Å². The van der Waals surface area contributed by atoms with E-state index in [1.807, 2.05) is 6.92 Å². The van der Waals surface area contributed by atoms with Crippen LogP contribution in [0.5, 0.6) is 0 Å². The van der Waals surface area contributed by atoms with Crippen LogP contribution >= 0.6 is 34.5 Å². The SMILES string of the molecule is COC(=O)c1coc(-c2nc3sc(C)c(-c4ccc(Cl)cc4Cl)c3c(=O)[nH]2)c1.